The molecule has 2 aliphatic rings. The van der Waals surface area contributed by atoms with Crippen LogP contribution < -0.4 is 0 Å². The summed E-state index contributed by atoms with van der Waals surface area (Å²) in [6.45, 7) is 0. The van der Waals surface area contributed by atoms with Gasteiger partial charge in [0.05, 0.1) is 23.1 Å². The Morgan fingerprint density at radius 1 is 0.710 bits per heavy atom. The van der Waals surface area contributed by atoms with Gasteiger partial charge in [-0.3, -0.25) is 14.4 Å². The monoisotopic (exact) mass is 396 g/mol. The van der Waals surface area contributed by atoms with E-state index >= 15 is 0 Å². The molecule has 2 aliphatic carbocycles. The Bertz CT molecular complexity index is 1740. The van der Waals surface area contributed by atoms with Crippen molar-refractivity contribution in [3.63, 3.8) is 0 Å². The second kappa shape index (κ2) is 5.35. The molecular weight excluding hydrogens is 380 g/mol. The second-order valence-electron chi connectivity index (χ2n) is 8.52. The Balaban J connectivity index is 1.55. The van der Waals surface area contributed by atoms with E-state index in [9.17, 15) is 0 Å². The van der Waals surface area contributed by atoms with E-state index in [0.717, 1.165) is 35.1 Å². The van der Waals surface area contributed by atoms with Crippen LogP contribution in [0.2, 0.25) is 0 Å². The van der Waals surface area contributed by atoms with E-state index in [1.807, 2.05) is 24.8 Å². The third kappa shape index (κ3) is 1.84. The minimum atomic E-state index is 0.874. The molecule has 0 spiro atoms. The van der Waals surface area contributed by atoms with E-state index in [1.54, 1.807) is 0 Å². The van der Waals surface area contributed by atoms with Crippen molar-refractivity contribution in [2.24, 2.45) is 0 Å². The van der Waals surface area contributed by atoms with E-state index in [-0.39, 0.29) is 0 Å². The van der Waals surface area contributed by atoms with Crippen molar-refractivity contribution in [1.29, 1.82) is 0 Å². The van der Waals surface area contributed by atoms with Gasteiger partial charge in [-0.1, -0.05) is 36.4 Å². The lowest BCUT2D eigenvalue weighted by atomic mass is 9.97. The molecule has 8 rings (SSSR count). The van der Waals surface area contributed by atoms with E-state index in [0.29, 0.717) is 0 Å². The molecule has 144 valence electrons. The summed E-state index contributed by atoms with van der Waals surface area (Å²) >= 11 is 0. The summed E-state index contributed by atoms with van der Waals surface area (Å²) < 4.78 is 2.33. The topological polar surface area (TPSA) is 43.1 Å². The fourth-order valence-electron chi connectivity index (χ4n) is 5.74. The molecule has 0 atom stereocenters. The Morgan fingerprint density at radius 3 is 2.55 bits per heavy atom. The molecule has 0 bridgehead atoms. The molecule has 4 nitrogen and oxygen atoms in total. The van der Waals surface area contributed by atoms with Gasteiger partial charge in [0.1, 0.15) is 5.65 Å². The van der Waals surface area contributed by atoms with Gasteiger partial charge in [-0.25, -0.2) is 4.98 Å². The van der Waals surface area contributed by atoms with Gasteiger partial charge >= 0.3 is 0 Å². The van der Waals surface area contributed by atoms with Crippen molar-refractivity contribution >= 4 is 27.3 Å². The number of imidazole rings is 1. The Morgan fingerprint density at radius 2 is 1.58 bits per heavy atom. The zero-order valence-corrected chi connectivity index (χ0v) is 16.6. The smallest absolute Gasteiger partial charge is 0.147 e. The van der Waals surface area contributed by atoms with Gasteiger partial charge in [0.25, 0.3) is 0 Å². The largest absolute Gasteiger partial charge is 0.290 e. The molecule has 0 aliphatic heterocycles. The molecule has 6 aromatic rings. The number of rotatable bonds is 0. The molecular formula is C27H16N4. The molecule has 0 saturated heterocycles. The molecule has 4 heterocycles. The molecule has 0 unspecified atom stereocenters. The van der Waals surface area contributed by atoms with Gasteiger partial charge in [0.2, 0.25) is 0 Å². The normalized spacial score (nSPS) is 13.5. The van der Waals surface area contributed by atoms with Gasteiger partial charge < -0.3 is 0 Å². The SMILES string of the molecule is c1ccc2c(c1)Cc1c-2ccc2c1-c1c(nc3c4cnccc4c4ccncc4n13)C2. The molecule has 0 radical (unpaired) electrons. The maximum atomic E-state index is 5.16. The van der Waals surface area contributed by atoms with Crippen molar-refractivity contribution in [3.8, 4) is 22.4 Å². The highest BCUT2D eigenvalue weighted by Crippen LogP contribution is 2.48. The molecule has 4 heteroatoms. The van der Waals surface area contributed by atoms with E-state index in [2.05, 4.69) is 62.9 Å². The third-order valence-corrected chi connectivity index (χ3v) is 7.01. The first-order chi connectivity index (χ1) is 15.4. The first-order valence-electron chi connectivity index (χ1n) is 10.6. The van der Waals surface area contributed by atoms with Crippen LogP contribution in [-0.2, 0) is 12.8 Å². The Kier molecular flexibility index (Phi) is 2.72. The van der Waals surface area contributed by atoms with Gasteiger partial charge in [0.15, 0.2) is 0 Å². The van der Waals surface area contributed by atoms with Crippen LogP contribution in [0.25, 0.3) is 49.7 Å². The fraction of sp³-hybridized carbons (Fsp3) is 0.0741. The number of pyridine rings is 3. The highest BCUT2D eigenvalue weighted by atomic mass is 15.0. The quantitative estimate of drug-likeness (QED) is 0.315. The standard InChI is InChI=1S/C27H16N4/c1-2-4-17-15(3-1)11-21-18(17)6-5-16-12-23-26(25(16)21)31-24-14-29-10-8-20(24)19-7-9-28-13-22(19)27(31)30-23/h1-10,13-14H,11-12H2. The summed E-state index contributed by atoms with van der Waals surface area (Å²) in [6, 6.07) is 17.6. The van der Waals surface area contributed by atoms with Crippen LogP contribution in [0.3, 0.4) is 0 Å². The van der Waals surface area contributed by atoms with Crippen molar-refractivity contribution in [3.05, 3.63) is 95.7 Å². The number of benzene rings is 2. The van der Waals surface area contributed by atoms with E-state index in [4.69, 9.17) is 4.98 Å². The Hall–Kier alpha value is -4.05. The van der Waals surface area contributed by atoms with Crippen LogP contribution in [-0.4, -0.2) is 19.4 Å². The van der Waals surface area contributed by atoms with Gasteiger partial charge in [-0.15, -0.1) is 0 Å². The summed E-state index contributed by atoms with van der Waals surface area (Å²) in [4.78, 5) is 14.0. The molecule has 4 aromatic heterocycles. The predicted octanol–water partition coefficient (Wildman–Crippen LogP) is 5.57. The molecule has 0 saturated carbocycles. The lowest BCUT2D eigenvalue weighted by Gasteiger charge is -2.13. The average molecular weight is 396 g/mol. The maximum absolute atomic E-state index is 5.16. The van der Waals surface area contributed by atoms with Gasteiger partial charge in [0, 0.05) is 41.3 Å². The molecule has 31 heavy (non-hydrogen) atoms. The molecule has 0 N–H and O–H groups in total. The summed E-state index contributed by atoms with van der Waals surface area (Å²) in [5.41, 5.74) is 12.8. The van der Waals surface area contributed by atoms with Crippen molar-refractivity contribution in [2.45, 2.75) is 12.8 Å². The second-order valence-corrected chi connectivity index (χ2v) is 8.52. The van der Waals surface area contributed by atoms with Crippen molar-refractivity contribution < 1.29 is 0 Å². The minimum Gasteiger partial charge on any atom is -0.290 e. The highest BCUT2D eigenvalue weighted by Gasteiger charge is 2.32. The zero-order chi connectivity index (χ0) is 20.1. The number of hydrogen-bond donors (Lipinski definition) is 0. The number of aromatic nitrogens is 4. The third-order valence-electron chi connectivity index (χ3n) is 7.01. The van der Waals surface area contributed by atoms with Crippen LogP contribution in [0.4, 0.5) is 0 Å². The highest BCUT2D eigenvalue weighted by molar-refractivity contribution is 6.12. The van der Waals surface area contributed by atoms with Crippen LogP contribution >= 0.6 is 0 Å². The van der Waals surface area contributed by atoms with Crippen LogP contribution in [0.1, 0.15) is 22.4 Å². The van der Waals surface area contributed by atoms with Crippen LogP contribution in [0, 0.1) is 0 Å². The molecule has 0 amide bonds. The van der Waals surface area contributed by atoms with Crippen molar-refractivity contribution in [1.82, 2.24) is 19.4 Å². The van der Waals surface area contributed by atoms with Crippen LogP contribution in [0.15, 0.2) is 73.3 Å². The minimum absolute atomic E-state index is 0.874. The summed E-state index contributed by atoms with van der Waals surface area (Å²) in [6.07, 6.45) is 9.49. The molecule has 0 fully saturated rings. The predicted molar refractivity (Wildman–Crippen MR) is 122 cm³/mol. The maximum Gasteiger partial charge on any atom is 0.147 e. The summed E-state index contributed by atoms with van der Waals surface area (Å²) in [5.74, 6) is 0. The first kappa shape index (κ1) is 15.7. The van der Waals surface area contributed by atoms with Gasteiger partial charge in [-0.05, 0) is 51.8 Å². The van der Waals surface area contributed by atoms with Crippen LogP contribution in [0.5, 0.6) is 0 Å². The summed E-state index contributed by atoms with van der Waals surface area (Å²) in [5, 5.41) is 3.45. The Labute approximate surface area is 177 Å². The van der Waals surface area contributed by atoms with E-state index < -0.39 is 0 Å². The zero-order valence-electron chi connectivity index (χ0n) is 16.6. The van der Waals surface area contributed by atoms with E-state index in [1.165, 1.54) is 49.8 Å². The molecule has 2 aromatic carbocycles. The average Bonchev–Trinajstić information content (AvgIpc) is 3.48. The van der Waals surface area contributed by atoms with Crippen molar-refractivity contribution in [2.75, 3.05) is 0 Å². The number of fused-ring (bicyclic) bond motifs is 14. The lowest BCUT2D eigenvalue weighted by molar-refractivity contribution is 1.16. The number of nitrogens with zero attached hydrogens (tertiary/aromatic N) is 4. The number of hydrogen-bond acceptors (Lipinski definition) is 3. The fourth-order valence-corrected chi connectivity index (χ4v) is 5.74. The first-order valence-corrected chi connectivity index (χ1v) is 10.6. The lowest BCUT2D eigenvalue weighted by Crippen LogP contribution is -1.97. The van der Waals surface area contributed by atoms with Gasteiger partial charge in [-0.2, -0.15) is 0 Å². The summed E-state index contributed by atoms with van der Waals surface area (Å²) in [7, 11) is 0.